The maximum atomic E-state index is 12.5. The molecule has 0 aliphatic heterocycles. The Morgan fingerprint density at radius 1 is 0.893 bits per heavy atom. The summed E-state index contributed by atoms with van der Waals surface area (Å²) in [6.45, 7) is 4.52. The van der Waals surface area contributed by atoms with Gasteiger partial charge in [-0.15, -0.1) is 0 Å². The van der Waals surface area contributed by atoms with Gasteiger partial charge in [-0.3, -0.25) is 14.6 Å². The van der Waals surface area contributed by atoms with Crippen molar-refractivity contribution in [1.82, 2.24) is 10.3 Å². The number of hydrogen-bond donors (Lipinski definition) is 2. The Labute approximate surface area is 164 Å². The minimum Gasteiger partial charge on any atom is -0.350 e. The molecule has 5 heteroatoms. The minimum atomic E-state index is -0.295. The molecule has 0 aliphatic carbocycles. The van der Waals surface area contributed by atoms with Crippen LogP contribution < -0.4 is 10.6 Å². The Bertz CT molecular complexity index is 984. The Kier molecular flexibility index (Phi) is 6.17. The highest BCUT2D eigenvalue weighted by molar-refractivity contribution is 6.05. The lowest BCUT2D eigenvalue weighted by atomic mass is 10.1. The molecule has 0 saturated carbocycles. The second kappa shape index (κ2) is 8.95. The summed E-state index contributed by atoms with van der Waals surface area (Å²) in [5.74, 6) is -0.569. The summed E-state index contributed by atoms with van der Waals surface area (Å²) in [6, 6.07) is 18.8. The highest BCUT2D eigenvalue weighted by Gasteiger charge is 2.12. The number of pyridine rings is 1. The van der Waals surface area contributed by atoms with Crippen molar-refractivity contribution in [2.45, 2.75) is 20.3 Å². The number of aromatic nitrogens is 1. The molecule has 0 unspecified atom stereocenters. The molecule has 0 spiro atoms. The number of anilines is 1. The molecule has 0 radical (unpaired) electrons. The summed E-state index contributed by atoms with van der Waals surface area (Å²) in [5.41, 5.74) is 4.75. The first-order chi connectivity index (χ1) is 13.5. The third-order valence-electron chi connectivity index (χ3n) is 4.56. The first-order valence-corrected chi connectivity index (χ1v) is 9.20. The van der Waals surface area contributed by atoms with Crippen molar-refractivity contribution in [3.8, 4) is 0 Å². The number of amides is 2. The zero-order valence-corrected chi connectivity index (χ0v) is 16.0. The van der Waals surface area contributed by atoms with Crippen molar-refractivity contribution in [2.24, 2.45) is 0 Å². The van der Waals surface area contributed by atoms with Gasteiger partial charge in [-0.05, 0) is 61.2 Å². The van der Waals surface area contributed by atoms with Crippen LogP contribution in [-0.4, -0.2) is 23.3 Å². The predicted octanol–water partition coefficient (Wildman–Crippen LogP) is 3.92. The first kappa shape index (κ1) is 19.3. The number of aryl methyl sites for hydroxylation is 2. The fraction of sp³-hybridized carbons (Fsp3) is 0.174. The van der Waals surface area contributed by atoms with Crippen LogP contribution in [-0.2, 0) is 6.42 Å². The van der Waals surface area contributed by atoms with Crippen LogP contribution in [0.3, 0.4) is 0 Å². The fourth-order valence-corrected chi connectivity index (χ4v) is 2.77. The minimum absolute atomic E-state index is 0.223. The van der Waals surface area contributed by atoms with Crippen LogP contribution in [0.1, 0.15) is 37.5 Å². The van der Waals surface area contributed by atoms with Gasteiger partial charge in [0.25, 0.3) is 11.8 Å². The van der Waals surface area contributed by atoms with E-state index in [4.69, 9.17) is 0 Å². The predicted molar refractivity (Wildman–Crippen MR) is 111 cm³/mol. The Morgan fingerprint density at radius 3 is 2.43 bits per heavy atom. The highest BCUT2D eigenvalue weighted by Crippen LogP contribution is 2.15. The average Bonchev–Trinajstić information content (AvgIpc) is 2.71. The van der Waals surface area contributed by atoms with E-state index >= 15 is 0 Å². The quantitative estimate of drug-likeness (QED) is 0.688. The summed E-state index contributed by atoms with van der Waals surface area (Å²) in [4.78, 5) is 28.9. The molecule has 142 valence electrons. The van der Waals surface area contributed by atoms with Crippen LogP contribution in [0.25, 0.3) is 0 Å². The number of carbonyl (C=O) groups is 2. The van der Waals surface area contributed by atoms with E-state index in [1.807, 2.05) is 62.4 Å². The molecular weight excluding hydrogens is 350 g/mol. The normalized spacial score (nSPS) is 10.4. The molecule has 1 aromatic heterocycles. The van der Waals surface area contributed by atoms with Crippen LogP contribution in [0.15, 0.2) is 66.9 Å². The molecular formula is C23H23N3O2. The summed E-state index contributed by atoms with van der Waals surface area (Å²) in [6.07, 6.45) is 2.21. The van der Waals surface area contributed by atoms with Crippen LogP contribution in [0.5, 0.6) is 0 Å². The van der Waals surface area contributed by atoms with Gasteiger partial charge in [-0.2, -0.15) is 0 Å². The summed E-state index contributed by atoms with van der Waals surface area (Å²) >= 11 is 0. The van der Waals surface area contributed by atoms with Crippen molar-refractivity contribution in [3.05, 3.63) is 94.8 Å². The van der Waals surface area contributed by atoms with Crippen LogP contribution in [0, 0.1) is 13.8 Å². The van der Waals surface area contributed by atoms with E-state index < -0.39 is 0 Å². The van der Waals surface area contributed by atoms with E-state index in [-0.39, 0.29) is 17.5 Å². The monoisotopic (exact) mass is 373 g/mol. The second-order valence-corrected chi connectivity index (χ2v) is 6.67. The molecule has 1 heterocycles. The van der Waals surface area contributed by atoms with Crippen molar-refractivity contribution >= 4 is 17.5 Å². The number of benzene rings is 2. The first-order valence-electron chi connectivity index (χ1n) is 9.20. The molecule has 5 nitrogen and oxygen atoms in total. The van der Waals surface area contributed by atoms with Crippen LogP contribution in [0.2, 0.25) is 0 Å². The fourth-order valence-electron chi connectivity index (χ4n) is 2.77. The van der Waals surface area contributed by atoms with Crippen molar-refractivity contribution in [3.63, 3.8) is 0 Å². The van der Waals surface area contributed by atoms with Gasteiger partial charge >= 0.3 is 0 Å². The van der Waals surface area contributed by atoms with Gasteiger partial charge in [0.1, 0.15) is 5.69 Å². The Hall–Kier alpha value is -3.47. The largest absolute Gasteiger partial charge is 0.350 e. The number of nitrogens with zero attached hydrogens (tertiary/aromatic N) is 1. The van der Waals surface area contributed by atoms with Crippen molar-refractivity contribution in [1.29, 1.82) is 0 Å². The molecule has 2 N–H and O–H groups in total. The highest BCUT2D eigenvalue weighted by atomic mass is 16.2. The van der Waals surface area contributed by atoms with Crippen molar-refractivity contribution < 1.29 is 9.59 Å². The molecule has 0 fully saturated rings. The van der Waals surface area contributed by atoms with E-state index in [1.54, 1.807) is 6.07 Å². The van der Waals surface area contributed by atoms with Gasteiger partial charge in [-0.1, -0.05) is 36.4 Å². The smallest absolute Gasteiger partial charge is 0.269 e. The number of nitrogens with one attached hydrogen (secondary N) is 2. The van der Waals surface area contributed by atoms with Gasteiger partial charge < -0.3 is 10.6 Å². The summed E-state index contributed by atoms with van der Waals surface area (Å²) in [7, 11) is 0. The standard InChI is InChI=1S/C23H23N3O2/c1-16-8-9-20(14-17(16)2)26-22(27)19-11-13-24-21(15-19)23(28)25-12-10-18-6-4-3-5-7-18/h3-9,11,13-15H,10,12H2,1-2H3,(H,25,28)(H,26,27). The molecule has 3 rings (SSSR count). The van der Waals surface area contributed by atoms with Crippen LogP contribution >= 0.6 is 0 Å². The van der Waals surface area contributed by atoms with Gasteiger partial charge in [0.05, 0.1) is 0 Å². The average molecular weight is 373 g/mol. The molecule has 2 aromatic carbocycles. The Morgan fingerprint density at radius 2 is 1.68 bits per heavy atom. The molecule has 0 bridgehead atoms. The summed E-state index contributed by atoms with van der Waals surface area (Å²) in [5, 5.41) is 5.70. The lowest BCUT2D eigenvalue weighted by molar-refractivity contribution is 0.0949. The molecule has 3 aromatic rings. The molecule has 28 heavy (non-hydrogen) atoms. The van der Waals surface area contributed by atoms with Gasteiger partial charge in [-0.25, -0.2) is 0 Å². The van der Waals surface area contributed by atoms with E-state index in [9.17, 15) is 9.59 Å². The maximum Gasteiger partial charge on any atom is 0.269 e. The zero-order valence-electron chi connectivity index (χ0n) is 16.0. The molecule has 0 saturated heterocycles. The lowest BCUT2D eigenvalue weighted by Crippen LogP contribution is -2.27. The third kappa shape index (κ3) is 5.04. The van der Waals surface area contributed by atoms with E-state index in [0.29, 0.717) is 12.1 Å². The van der Waals surface area contributed by atoms with Crippen LogP contribution in [0.4, 0.5) is 5.69 Å². The van der Waals surface area contributed by atoms with E-state index in [2.05, 4.69) is 15.6 Å². The second-order valence-electron chi connectivity index (χ2n) is 6.67. The zero-order chi connectivity index (χ0) is 19.9. The number of rotatable bonds is 6. The van der Waals surface area contributed by atoms with Gasteiger partial charge in [0.2, 0.25) is 0 Å². The topological polar surface area (TPSA) is 71.1 Å². The van der Waals surface area contributed by atoms with Gasteiger partial charge in [0, 0.05) is 24.0 Å². The molecule has 2 amide bonds. The number of carbonyl (C=O) groups excluding carboxylic acids is 2. The van der Waals surface area contributed by atoms with Gasteiger partial charge in [0.15, 0.2) is 0 Å². The molecule has 0 aliphatic rings. The number of hydrogen-bond acceptors (Lipinski definition) is 3. The SMILES string of the molecule is Cc1ccc(NC(=O)c2ccnc(C(=O)NCCc3ccccc3)c2)cc1C. The van der Waals surface area contributed by atoms with Crippen molar-refractivity contribution in [2.75, 3.05) is 11.9 Å². The Balaban J connectivity index is 1.61. The maximum absolute atomic E-state index is 12.5. The summed E-state index contributed by atoms with van der Waals surface area (Å²) < 4.78 is 0. The molecule has 0 atom stereocenters. The van der Waals surface area contributed by atoms with E-state index in [1.165, 1.54) is 12.3 Å². The lowest BCUT2D eigenvalue weighted by Gasteiger charge is -2.09. The van der Waals surface area contributed by atoms with E-state index in [0.717, 1.165) is 28.8 Å². The third-order valence-corrected chi connectivity index (χ3v) is 4.56.